The molecule has 1 aliphatic heterocycles. The lowest BCUT2D eigenvalue weighted by Crippen LogP contribution is -2.46. The van der Waals surface area contributed by atoms with Crippen molar-refractivity contribution in [3.63, 3.8) is 0 Å². The van der Waals surface area contributed by atoms with Crippen molar-refractivity contribution in [3.05, 3.63) is 76.7 Å². The molecule has 188 valence electrons. The maximum absolute atomic E-state index is 13.9. The van der Waals surface area contributed by atoms with Gasteiger partial charge in [-0.1, -0.05) is 48.0 Å². The summed E-state index contributed by atoms with van der Waals surface area (Å²) in [5.41, 5.74) is 2.20. The molecule has 4 rings (SSSR count). The molecule has 1 amide bonds. The van der Waals surface area contributed by atoms with Gasteiger partial charge in [0.05, 0.1) is 11.1 Å². The van der Waals surface area contributed by atoms with Crippen molar-refractivity contribution in [2.75, 3.05) is 18.0 Å². The molecule has 7 heteroatoms. The highest BCUT2D eigenvalue weighted by atomic mass is 32.1. The fraction of sp³-hybridized carbons (Fsp3) is 0.345. The van der Waals surface area contributed by atoms with Gasteiger partial charge in [0.2, 0.25) is 0 Å². The van der Waals surface area contributed by atoms with Gasteiger partial charge < -0.3 is 15.0 Å². The Morgan fingerprint density at radius 3 is 2.22 bits per heavy atom. The van der Waals surface area contributed by atoms with E-state index in [2.05, 4.69) is 5.32 Å². The van der Waals surface area contributed by atoms with Gasteiger partial charge in [0.15, 0.2) is 0 Å². The van der Waals surface area contributed by atoms with E-state index in [9.17, 15) is 14.4 Å². The van der Waals surface area contributed by atoms with Crippen molar-refractivity contribution in [3.8, 4) is 10.4 Å². The second-order valence-corrected chi connectivity index (χ2v) is 11.2. The van der Waals surface area contributed by atoms with Crippen LogP contribution in [0, 0.1) is 12.3 Å². The molecule has 1 saturated heterocycles. The van der Waals surface area contributed by atoms with Crippen LogP contribution in [-0.4, -0.2) is 37.0 Å². The number of piperidine rings is 1. The molecule has 1 fully saturated rings. The summed E-state index contributed by atoms with van der Waals surface area (Å²) in [5.74, 6) is -1.50. The van der Waals surface area contributed by atoms with Crippen molar-refractivity contribution in [2.24, 2.45) is 5.41 Å². The third-order valence-electron chi connectivity index (χ3n) is 6.20. The van der Waals surface area contributed by atoms with Crippen LogP contribution < -0.4 is 10.2 Å². The number of ether oxygens (including phenoxy) is 1. The van der Waals surface area contributed by atoms with E-state index in [1.54, 1.807) is 25.7 Å². The van der Waals surface area contributed by atoms with Crippen LogP contribution in [-0.2, 0) is 9.53 Å². The van der Waals surface area contributed by atoms with Gasteiger partial charge in [-0.05, 0) is 77.4 Å². The first-order valence-corrected chi connectivity index (χ1v) is 13.0. The number of hydrogen-bond acceptors (Lipinski definition) is 6. The zero-order chi connectivity index (χ0) is 25.9. The van der Waals surface area contributed by atoms with E-state index in [0.717, 1.165) is 41.9 Å². The Hall–Kier alpha value is -3.29. The lowest BCUT2D eigenvalue weighted by molar-refractivity contribution is -0.146. The average Bonchev–Trinajstić information content (AvgIpc) is 3.30. The van der Waals surface area contributed by atoms with Crippen molar-refractivity contribution in [1.29, 1.82) is 0 Å². The molecule has 0 aliphatic carbocycles. The zero-order valence-corrected chi connectivity index (χ0v) is 22.0. The summed E-state index contributed by atoms with van der Waals surface area (Å²) in [5, 5.41) is 3.35. The molecule has 1 aromatic heterocycles. The summed E-state index contributed by atoms with van der Waals surface area (Å²) in [4.78, 5) is 42.7. The monoisotopic (exact) mass is 504 g/mol. The average molecular weight is 505 g/mol. The third-order valence-corrected chi connectivity index (χ3v) is 7.36. The molecule has 6 nitrogen and oxygen atoms in total. The SMILES string of the molecule is Cc1ccc(C(=O)N(c2cc(-c3ccccc3)sc2C(=O)OC(=O)C(C)(C)C)C2CCNCC2)cc1. The first kappa shape index (κ1) is 25.8. The van der Waals surface area contributed by atoms with E-state index in [-0.39, 0.29) is 16.8 Å². The quantitative estimate of drug-likeness (QED) is 0.348. The summed E-state index contributed by atoms with van der Waals surface area (Å²) in [6.45, 7) is 8.64. The Labute approximate surface area is 216 Å². The first-order chi connectivity index (χ1) is 17.1. The predicted octanol–water partition coefficient (Wildman–Crippen LogP) is 5.85. The summed E-state index contributed by atoms with van der Waals surface area (Å²) >= 11 is 1.24. The molecule has 0 bridgehead atoms. The van der Waals surface area contributed by atoms with Gasteiger partial charge in [-0.2, -0.15) is 0 Å². The molecule has 2 aromatic carbocycles. The number of benzene rings is 2. The highest BCUT2D eigenvalue weighted by molar-refractivity contribution is 7.18. The third kappa shape index (κ3) is 5.74. The predicted molar refractivity (Wildman–Crippen MR) is 144 cm³/mol. The van der Waals surface area contributed by atoms with Gasteiger partial charge in [-0.15, -0.1) is 11.3 Å². The Morgan fingerprint density at radius 1 is 0.972 bits per heavy atom. The highest BCUT2D eigenvalue weighted by Gasteiger charge is 2.35. The molecule has 0 unspecified atom stereocenters. The van der Waals surface area contributed by atoms with E-state index >= 15 is 0 Å². The van der Waals surface area contributed by atoms with Crippen LogP contribution in [0.3, 0.4) is 0 Å². The number of anilines is 1. The molecule has 0 saturated carbocycles. The number of nitrogens with one attached hydrogen (secondary N) is 1. The molecule has 2 heterocycles. The van der Waals surface area contributed by atoms with Gasteiger partial charge in [0, 0.05) is 16.5 Å². The fourth-order valence-electron chi connectivity index (χ4n) is 4.11. The molecular formula is C29H32N2O4S. The molecule has 0 spiro atoms. The number of aryl methyl sites for hydroxylation is 1. The van der Waals surface area contributed by atoms with E-state index in [1.807, 2.05) is 67.6 Å². The molecular weight excluding hydrogens is 472 g/mol. The van der Waals surface area contributed by atoms with E-state index in [4.69, 9.17) is 4.74 Å². The maximum atomic E-state index is 13.9. The number of esters is 2. The number of rotatable bonds is 5. The smallest absolute Gasteiger partial charge is 0.358 e. The highest BCUT2D eigenvalue weighted by Crippen LogP contribution is 2.40. The number of carbonyl (C=O) groups excluding carboxylic acids is 3. The van der Waals surface area contributed by atoms with Gasteiger partial charge in [0.25, 0.3) is 5.91 Å². The lowest BCUT2D eigenvalue weighted by Gasteiger charge is -2.34. The Balaban J connectivity index is 1.83. The van der Waals surface area contributed by atoms with Crippen LogP contribution >= 0.6 is 11.3 Å². The van der Waals surface area contributed by atoms with Crippen molar-refractivity contribution < 1.29 is 19.1 Å². The standard InChI is InChI=1S/C29H32N2O4S/c1-19-10-12-21(13-11-19)26(32)31(22-14-16-30-17-15-22)23-18-24(20-8-6-5-7-9-20)36-25(23)27(33)35-28(34)29(2,3)4/h5-13,18,22,30H,14-17H2,1-4H3. The molecule has 3 aromatic rings. The summed E-state index contributed by atoms with van der Waals surface area (Å²) in [7, 11) is 0. The molecule has 1 N–H and O–H groups in total. The Kier molecular flexibility index (Phi) is 7.71. The number of thiophene rings is 1. The number of carbonyl (C=O) groups is 3. The number of nitrogens with zero attached hydrogens (tertiary/aromatic N) is 1. The summed E-state index contributed by atoms with van der Waals surface area (Å²) < 4.78 is 5.31. The van der Waals surface area contributed by atoms with E-state index in [1.165, 1.54) is 11.3 Å². The van der Waals surface area contributed by atoms with Crippen LogP contribution in [0.25, 0.3) is 10.4 Å². The maximum Gasteiger partial charge on any atom is 0.358 e. The topological polar surface area (TPSA) is 75.7 Å². The summed E-state index contributed by atoms with van der Waals surface area (Å²) in [6.07, 6.45) is 1.51. The lowest BCUT2D eigenvalue weighted by atomic mass is 9.97. The fourth-order valence-corrected chi connectivity index (χ4v) is 5.14. The second kappa shape index (κ2) is 10.8. The van der Waals surface area contributed by atoms with Crippen molar-refractivity contribution >= 4 is 34.9 Å². The Bertz CT molecular complexity index is 1240. The number of amides is 1. The molecule has 0 radical (unpaired) electrons. The van der Waals surface area contributed by atoms with Gasteiger partial charge in [-0.3, -0.25) is 9.59 Å². The largest absolute Gasteiger partial charge is 0.388 e. The van der Waals surface area contributed by atoms with Gasteiger partial charge >= 0.3 is 11.9 Å². The van der Waals surface area contributed by atoms with Crippen molar-refractivity contribution in [1.82, 2.24) is 5.32 Å². The van der Waals surface area contributed by atoms with Crippen LogP contribution in [0.2, 0.25) is 0 Å². The van der Waals surface area contributed by atoms with Crippen LogP contribution in [0.15, 0.2) is 60.7 Å². The second-order valence-electron chi connectivity index (χ2n) is 10.1. The zero-order valence-electron chi connectivity index (χ0n) is 21.2. The minimum absolute atomic E-state index is 0.0943. The van der Waals surface area contributed by atoms with Crippen LogP contribution in [0.1, 0.15) is 59.2 Å². The molecule has 0 atom stereocenters. The number of hydrogen-bond donors (Lipinski definition) is 1. The normalized spacial score (nSPS) is 14.3. The van der Waals surface area contributed by atoms with E-state index < -0.39 is 17.4 Å². The first-order valence-electron chi connectivity index (χ1n) is 12.2. The molecule has 1 aliphatic rings. The summed E-state index contributed by atoms with van der Waals surface area (Å²) in [6, 6.07) is 18.9. The van der Waals surface area contributed by atoms with Crippen LogP contribution in [0.4, 0.5) is 5.69 Å². The Morgan fingerprint density at radius 2 is 1.61 bits per heavy atom. The van der Waals surface area contributed by atoms with E-state index in [0.29, 0.717) is 11.3 Å². The molecule has 36 heavy (non-hydrogen) atoms. The van der Waals surface area contributed by atoms with Gasteiger partial charge in [0.1, 0.15) is 4.88 Å². The minimum atomic E-state index is -0.832. The van der Waals surface area contributed by atoms with Crippen molar-refractivity contribution in [2.45, 2.75) is 46.6 Å². The van der Waals surface area contributed by atoms with Gasteiger partial charge in [-0.25, -0.2) is 4.79 Å². The van der Waals surface area contributed by atoms with Crippen LogP contribution in [0.5, 0.6) is 0 Å². The minimum Gasteiger partial charge on any atom is -0.388 e.